The molecule has 0 saturated heterocycles. The number of nitrogens with one attached hydrogen (secondary N) is 1. The normalized spacial score (nSPS) is 10.0. The molecule has 0 radical (unpaired) electrons. The maximum atomic E-state index is 11.7. The fourth-order valence-electron chi connectivity index (χ4n) is 1.29. The van der Waals surface area contributed by atoms with Gasteiger partial charge in [-0.2, -0.15) is 0 Å². The minimum absolute atomic E-state index is 0.155. The van der Waals surface area contributed by atoms with E-state index in [0.717, 1.165) is 4.47 Å². The topological polar surface area (TPSA) is 64.6 Å². The maximum absolute atomic E-state index is 11.7. The van der Waals surface area contributed by atoms with Crippen molar-refractivity contribution >= 4 is 27.8 Å². The highest BCUT2D eigenvalue weighted by Gasteiger charge is 2.08. The average molecular weight is 330 g/mol. The number of amides is 1. The Morgan fingerprint density at radius 2 is 2.11 bits per heavy atom. The molecule has 0 aliphatic rings. The van der Waals surface area contributed by atoms with Crippen LogP contribution in [-0.2, 0) is 14.3 Å². The summed E-state index contributed by atoms with van der Waals surface area (Å²) >= 11 is 3.27. The number of carbonyl (C=O) groups excluding carboxylic acids is 2. The Morgan fingerprint density at radius 1 is 1.32 bits per heavy atom. The number of ether oxygens (including phenoxy) is 2. The lowest BCUT2D eigenvalue weighted by atomic mass is 10.2. The van der Waals surface area contributed by atoms with Crippen molar-refractivity contribution in [3.8, 4) is 0 Å². The molecule has 0 aromatic heterocycles. The number of carbonyl (C=O) groups is 2. The fraction of sp³-hybridized carbons (Fsp3) is 0.385. The van der Waals surface area contributed by atoms with Gasteiger partial charge in [-0.15, -0.1) is 0 Å². The van der Waals surface area contributed by atoms with E-state index in [1.807, 2.05) is 13.0 Å². The van der Waals surface area contributed by atoms with Gasteiger partial charge in [0.1, 0.15) is 13.2 Å². The molecule has 0 spiro atoms. The molecule has 1 aromatic carbocycles. The summed E-state index contributed by atoms with van der Waals surface area (Å²) in [5.74, 6) is -0.800. The van der Waals surface area contributed by atoms with Crippen molar-refractivity contribution in [1.82, 2.24) is 5.32 Å². The highest BCUT2D eigenvalue weighted by Crippen LogP contribution is 2.11. The van der Waals surface area contributed by atoms with Crippen molar-refractivity contribution in [1.29, 1.82) is 0 Å². The summed E-state index contributed by atoms with van der Waals surface area (Å²) < 4.78 is 10.7. The zero-order valence-electron chi connectivity index (χ0n) is 10.6. The molecule has 1 N–H and O–H groups in total. The molecule has 0 bridgehead atoms. The van der Waals surface area contributed by atoms with Crippen LogP contribution in [0.25, 0.3) is 0 Å². The van der Waals surface area contributed by atoms with Gasteiger partial charge >= 0.3 is 5.97 Å². The van der Waals surface area contributed by atoms with Crippen molar-refractivity contribution in [2.45, 2.75) is 6.92 Å². The summed E-state index contributed by atoms with van der Waals surface area (Å²) in [5, 5.41) is 2.49. The number of hydrogen-bond acceptors (Lipinski definition) is 4. The number of halogens is 1. The first kappa shape index (κ1) is 15.7. The van der Waals surface area contributed by atoms with Crippen LogP contribution in [0.2, 0.25) is 0 Å². The lowest BCUT2D eigenvalue weighted by Crippen LogP contribution is -2.31. The third-order valence-corrected chi connectivity index (χ3v) is 2.67. The molecule has 0 aliphatic heterocycles. The van der Waals surface area contributed by atoms with Crippen molar-refractivity contribution in [3.63, 3.8) is 0 Å². The van der Waals surface area contributed by atoms with E-state index >= 15 is 0 Å². The Balaban J connectivity index is 2.28. The van der Waals surface area contributed by atoms with Crippen LogP contribution in [-0.4, -0.2) is 38.2 Å². The van der Waals surface area contributed by atoms with Crippen molar-refractivity contribution < 1.29 is 19.1 Å². The lowest BCUT2D eigenvalue weighted by molar-refractivity contribution is -0.143. The maximum Gasteiger partial charge on any atom is 0.325 e. The van der Waals surface area contributed by atoms with E-state index in [2.05, 4.69) is 21.2 Å². The van der Waals surface area contributed by atoms with Gasteiger partial charge in [-0.05, 0) is 25.1 Å². The van der Waals surface area contributed by atoms with E-state index in [0.29, 0.717) is 18.8 Å². The molecule has 0 unspecified atom stereocenters. The van der Waals surface area contributed by atoms with E-state index < -0.39 is 5.97 Å². The molecular weight excluding hydrogens is 314 g/mol. The van der Waals surface area contributed by atoms with Crippen LogP contribution in [0.5, 0.6) is 0 Å². The van der Waals surface area contributed by atoms with E-state index in [-0.39, 0.29) is 19.1 Å². The third-order valence-electron chi connectivity index (χ3n) is 2.17. The van der Waals surface area contributed by atoms with Gasteiger partial charge in [0.25, 0.3) is 5.91 Å². The highest BCUT2D eigenvalue weighted by molar-refractivity contribution is 9.10. The van der Waals surface area contributed by atoms with Crippen molar-refractivity contribution in [2.24, 2.45) is 0 Å². The van der Waals surface area contributed by atoms with Gasteiger partial charge in [-0.3, -0.25) is 9.59 Å². The Kier molecular flexibility index (Phi) is 7.14. The molecule has 6 heteroatoms. The van der Waals surface area contributed by atoms with Crippen LogP contribution in [0.3, 0.4) is 0 Å². The van der Waals surface area contributed by atoms with Gasteiger partial charge < -0.3 is 14.8 Å². The van der Waals surface area contributed by atoms with Crippen LogP contribution in [0.1, 0.15) is 17.3 Å². The Morgan fingerprint density at radius 3 is 2.79 bits per heavy atom. The Hall–Kier alpha value is -1.40. The zero-order valence-corrected chi connectivity index (χ0v) is 12.2. The first-order valence-corrected chi connectivity index (χ1v) is 6.70. The second kappa shape index (κ2) is 8.66. The Labute approximate surface area is 120 Å². The van der Waals surface area contributed by atoms with E-state index in [9.17, 15) is 9.59 Å². The molecule has 1 amide bonds. The third kappa shape index (κ3) is 6.35. The van der Waals surface area contributed by atoms with Crippen LogP contribution in [0, 0.1) is 0 Å². The van der Waals surface area contributed by atoms with E-state index in [1.165, 1.54) is 0 Å². The van der Waals surface area contributed by atoms with Crippen LogP contribution >= 0.6 is 15.9 Å². The van der Waals surface area contributed by atoms with Gasteiger partial charge in [-0.1, -0.05) is 22.0 Å². The SMILES string of the molecule is CCOCCOC(=O)CNC(=O)c1cccc(Br)c1. The zero-order chi connectivity index (χ0) is 14.1. The van der Waals surface area contributed by atoms with Crippen LogP contribution in [0.15, 0.2) is 28.7 Å². The number of hydrogen-bond donors (Lipinski definition) is 1. The predicted molar refractivity (Wildman–Crippen MR) is 73.9 cm³/mol. The fourth-order valence-corrected chi connectivity index (χ4v) is 1.69. The van der Waals surface area contributed by atoms with Gasteiger partial charge in [0.05, 0.1) is 6.61 Å². The van der Waals surface area contributed by atoms with E-state index in [4.69, 9.17) is 9.47 Å². The summed E-state index contributed by atoms with van der Waals surface area (Å²) in [5.41, 5.74) is 0.483. The summed E-state index contributed by atoms with van der Waals surface area (Å²) in [6.07, 6.45) is 0. The average Bonchev–Trinajstić information content (AvgIpc) is 2.41. The summed E-state index contributed by atoms with van der Waals surface area (Å²) in [6.45, 7) is 2.84. The summed E-state index contributed by atoms with van der Waals surface area (Å²) in [6, 6.07) is 6.91. The largest absolute Gasteiger partial charge is 0.462 e. The smallest absolute Gasteiger partial charge is 0.325 e. The quantitative estimate of drug-likeness (QED) is 0.611. The molecule has 1 aromatic rings. The van der Waals surface area contributed by atoms with Crippen LogP contribution in [0.4, 0.5) is 0 Å². The number of rotatable bonds is 7. The molecule has 104 valence electrons. The molecule has 0 aliphatic carbocycles. The first-order valence-electron chi connectivity index (χ1n) is 5.90. The monoisotopic (exact) mass is 329 g/mol. The molecular formula is C13H16BrNO4. The molecule has 5 nitrogen and oxygen atoms in total. The minimum Gasteiger partial charge on any atom is -0.462 e. The summed E-state index contributed by atoms with van der Waals surface area (Å²) in [4.78, 5) is 23.0. The number of esters is 1. The standard InChI is InChI=1S/C13H16BrNO4/c1-2-18-6-7-19-12(16)9-15-13(17)10-4-3-5-11(14)8-10/h3-5,8H,2,6-7,9H2,1H3,(H,15,17). The van der Waals surface area contributed by atoms with E-state index in [1.54, 1.807) is 18.2 Å². The second-order valence-electron chi connectivity index (χ2n) is 3.61. The molecule has 0 atom stereocenters. The Bertz CT molecular complexity index is 436. The predicted octanol–water partition coefficient (Wildman–Crippen LogP) is 1.76. The molecule has 0 heterocycles. The van der Waals surface area contributed by atoms with Gasteiger partial charge in [0.15, 0.2) is 0 Å². The molecule has 19 heavy (non-hydrogen) atoms. The lowest BCUT2D eigenvalue weighted by Gasteiger charge is -2.06. The van der Waals surface area contributed by atoms with Gasteiger partial charge in [0, 0.05) is 16.6 Å². The minimum atomic E-state index is -0.483. The molecule has 0 saturated carbocycles. The number of benzene rings is 1. The molecule has 1 rings (SSSR count). The molecule has 0 fully saturated rings. The second-order valence-corrected chi connectivity index (χ2v) is 4.53. The highest BCUT2D eigenvalue weighted by atomic mass is 79.9. The van der Waals surface area contributed by atoms with Crippen LogP contribution < -0.4 is 5.32 Å². The van der Waals surface area contributed by atoms with Crippen molar-refractivity contribution in [2.75, 3.05) is 26.4 Å². The van der Waals surface area contributed by atoms with Gasteiger partial charge in [0.2, 0.25) is 0 Å². The first-order chi connectivity index (χ1) is 9.13. The van der Waals surface area contributed by atoms with Crippen molar-refractivity contribution in [3.05, 3.63) is 34.3 Å². The van der Waals surface area contributed by atoms with Gasteiger partial charge in [-0.25, -0.2) is 0 Å². The summed E-state index contributed by atoms with van der Waals surface area (Å²) in [7, 11) is 0.